The molecule has 0 aliphatic carbocycles. The molecule has 0 bridgehead atoms. The van der Waals surface area contributed by atoms with Crippen LogP contribution in [-0.4, -0.2) is 45.7 Å². The number of carbonyl (C=O) groups excluding carboxylic acids is 2. The third-order valence-electron chi connectivity index (χ3n) is 4.72. The van der Waals surface area contributed by atoms with Crippen LogP contribution < -0.4 is 15.4 Å². The fourth-order valence-electron chi connectivity index (χ4n) is 3.21. The van der Waals surface area contributed by atoms with Gasteiger partial charge in [-0.05, 0) is 55.7 Å². The summed E-state index contributed by atoms with van der Waals surface area (Å²) >= 11 is 0. The second-order valence-corrected chi connectivity index (χ2v) is 9.00. The standard InChI is InChI=1S/C21H25N3O5S/c1-14-12-15(9-10-18(14)24-30(2,27)28)20(25)23-19-8-4-3-7-17(19)21(26)22-13-16-6-5-11-29-16/h3-4,7-10,12,16,24H,5-6,11,13H2,1-2H3,(H,22,26)(H,23,25). The number of ether oxygens (including phenoxy) is 1. The average Bonchev–Trinajstić information content (AvgIpc) is 3.20. The van der Waals surface area contributed by atoms with E-state index in [-0.39, 0.29) is 12.0 Å². The van der Waals surface area contributed by atoms with Crippen LogP contribution in [0.4, 0.5) is 11.4 Å². The lowest BCUT2D eigenvalue weighted by Crippen LogP contribution is -2.32. The molecule has 2 aromatic rings. The second kappa shape index (κ2) is 9.27. The van der Waals surface area contributed by atoms with Crippen LogP contribution in [0.25, 0.3) is 0 Å². The molecule has 1 fully saturated rings. The SMILES string of the molecule is Cc1cc(C(=O)Nc2ccccc2C(=O)NCC2CCCO2)ccc1NS(C)(=O)=O. The number of para-hydroxylation sites is 1. The van der Waals surface area contributed by atoms with Crippen molar-refractivity contribution in [3.8, 4) is 0 Å². The van der Waals surface area contributed by atoms with Crippen molar-refractivity contribution in [2.45, 2.75) is 25.9 Å². The molecule has 0 saturated carbocycles. The van der Waals surface area contributed by atoms with Gasteiger partial charge in [0.1, 0.15) is 0 Å². The molecule has 30 heavy (non-hydrogen) atoms. The Hall–Kier alpha value is -2.91. The number of hydrogen-bond donors (Lipinski definition) is 3. The van der Waals surface area contributed by atoms with Gasteiger partial charge in [-0.2, -0.15) is 0 Å². The third-order valence-corrected chi connectivity index (χ3v) is 5.31. The summed E-state index contributed by atoms with van der Waals surface area (Å²) in [6.45, 7) is 2.84. The Morgan fingerprint density at radius 2 is 1.87 bits per heavy atom. The largest absolute Gasteiger partial charge is 0.376 e. The van der Waals surface area contributed by atoms with Crippen LogP contribution in [0, 0.1) is 6.92 Å². The van der Waals surface area contributed by atoms with E-state index in [1.165, 1.54) is 12.1 Å². The highest BCUT2D eigenvalue weighted by Gasteiger charge is 2.19. The van der Waals surface area contributed by atoms with Crippen LogP contribution >= 0.6 is 0 Å². The molecule has 2 aromatic carbocycles. The van der Waals surface area contributed by atoms with E-state index in [0.717, 1.165) is 19.1 Å². The zero-order valence-electron chi connectivity index (χ0n) is 16.9. The van der Waals surface area contributed by atoms with Crippen molar-refractivity contribution in [1.82, 2.24) is 5.32 Å². The van der Waals surface area contributed by atoms with Gasteiger partial charge in [0, 0.05) is 18.7 Å². The number of amides is 2. The molecule has 1 saturated heterocycles. The normalized spacial score (nSPS) is 16.1. The molecule has 1 aliphatic heterocycles. The highest BCUT2D eigenvalue weighted by molar-refractivity contribution is 7.92. The van der Waals surface area contributed by atoms with E-state index in [1.807, 2.05) is 0 Å². The first-order valence-electron chi connectivity index (χ1n) is 9.61. The number of carbonyl (C=O) groups is 2. The molecule has 0 spiro atoms. The number of rotatable bonds is 7. The van der Waals surface area contributed by atoms with E-state index in [9.17, 15) is 18.0 Å². The summed E-state index contributed by atoms with van der Waals surface area (Å²) in [5, 5.41) is 5.61. The lowest BCUT2D eigenvalue weighted by atomic mass is 10.1. The van der Waals surface area contributed by atoms with Crippen molar-refractivity contribution >= 4 is 33.2 Å². The lowest BCUT2D eigenvalue weighted by molar-refractivity contribution is 0.0858. The number of benzene rings is 2. The van der Waals surface area contributed by atoms with Crippen molar-refractivity contribution in [1.29, 1.82) is 0 Å². The van der Waals surface area contributed by atoms with Crippen LogP contribution in [0.2, 0.25) is 0 Å². The predicted molar refractivity (Wildman–Crippen MR) is 115 cm³/mol. The van der Waals surface area contributed by atoms with E-state index in [1.54, 1.807) is 37.3 Å². The zero-order chi connectivity index (χ0) is 21.7. The summed E-state index contributed by atoms with van der Waals surface area (Å²) < 4.78 is 30.8. The van der Waals surface area contributed by atoms with Gasteiger partial charge >= 0.3 is 0 Å². The Morgan fingerprint density at radius 1 is 1.10 bits per heavy atom. The average molecular weight is 432 g/mol. The van der Waals surface area contributed by atoms with Gasteiger partial charge in [-0.25, -0.2) is 8.42 Å². The van der Waals surface area contributed by atoms with Crippen LogP contribution in [0.5, 0.6) is 0 Å². The van der Waals surface area contributed by atoms with Crippen LogP contribution in [-0.2, 0) is 14.8 Å². The van der Waals surface area contributed by atoms with E-state index in [0.29, 0.717) is 41.2 Å². The highest BCUT2D eigenvalue weighted by Crippen LogP contribution is 2.20. The summed E-state index contributed by atoms with van der Waals surface area (Å²) in [5.74, 6) is -0.686. The molecule has 160 valence electrons. The van der Waals surface area contributed by atoms with Gasteiger partial charge in [-0.1, -0.05) is 12.1 Å². The number of nitrogens with one attached hydrogen (secondary N) is 3. The number of hydrogen-bond acceptors (Lipinski definition) is 5. The lowest BCUT2D eigenvalue weighted by Gasteiger charge is -2.14. The van der Waals surface area contributed by atoms with Gasteiger partial charge in [0.15, 0.2) is 0 Å². The second-order valence-electron chi connectivity index (χ2n) is 7.25. The molecule has 1 unspecified atom stereocenters. The fourth-order valence-corrected chi connectivity index (χ4v) is 3.84. The minimum Gasteiger partial charge on any atom is -0.376 e. The number of anilines is 2. The van der Waals surface area contributed by atoms with Gasteiger partial charge in [0.25, 0.3) is 11.8 Å². The van der Waals surface area contributed by atoms with Crippen molar-refractivity contribution in [3.63, 3.8) is 0 Å². The maximum Gasteiger partial charge on any atom is 0.255 e. The summed E-state index contributed by atoms with van der Waals surface area (Å²) in [4.78, 5) is 25.3. The number of aryl methyl sites for hydroxylation is 1. The summed E-state index contributed by atoms with van der Waals surface area (Å²) in [6.07, 6.45) is 3.00. The van der Waals surface area contributed by atoms with E-state index < -0.39 is 15.9 Å². The monoisotopic (exact) mass is 431 g/mol. The van der Waals surface area contributed by atoms with Crippen molar-refractivity contribution in [2.24, 2.45) is 0 Å². The maximum atomic E-state index is 12.7. The highest BCUT2D eigenvalue weighted by atomic mass is 32.2. The van der Waals surface area contributed by atoms with Crippen LogP contribution in [0.15, 0.2) is 42.5 Å². The van der Waals surface area contributed by atoms with Crippen molar-refractivity contribution in [2.75, 3.05) is 29.4 Å². The van der Waals surface area contributed by atoms with Crippen LogP contribution in [0.1, 0.15) is 39.1 Å². The molecule has 9 heteroatoms. The Balaban J connectivity index is 1.71. The molecule has 0 radical (unpaired) electrons. The van der Waals surface area contributed by atoms with Crippen molar-refractivity contribution in [3.05, 3.63) is 59.2 Å². The Bertz CT molecular complexity index is 1050. The molecule has 1 atom stereocenters. The molecule has 1 heterocycles. The first kappa shape index (κ1) is 21.8. The van der Waals surface area contributed by atoms with Gasteiger partial charge in [0.2, 0.25) is 10.0 Å². The Kier molecular flexibility index (Phi) is 6.73. The first-order valence-corrected chi connectivity index (χ1v) is 11.5. The Labute approximate surface area is 176 Å². The number of sulfonamides is 1. The van der Waals surface area contributed by atoms with Gasteiger partial charge in [-0.3, -0.25) is 14.3 Å². The molecule has 0 aromatic heterocycles. The molecular weight excluding hydrogens is 406 g/mol. The van der Waals surface area contributed by atoms with Gasteiger partial charge < -0.3 is 15.4 Å². The zero-order valence-corrected chi connectivity index (χ0v) is 17.7. The summed E-state index contributed by atoms with van der Waals surface area (Å²) in [6, 6.07) is 11.4. The smallest absolute Gasteiger partial charge is 0.255 e. The molecule has 8 nitrogen and oxygen atoms in total. The predicted octanol–water partition coefficient (Wildman–Crippen LogP) is 2.53. The van der Waals surface area contributed by atoms with Crippen LogP contribution in [0.3, 0.4) is 0 Å². The maximum absolute atomic E-state index is 12.7. The molecular formula is C21H25N3O5S. The molecule has 2 amide bonds. The topological polar surface area (TPSA) is 114 Å². The van der Waals surface area contributed by atoms with Gasteiger partial charge in [0.05, 0.1) is 29.3 Å². The first-order chi connectivity index (χ1) is 14.2. The van der Waals surface area contributed by atoms with Gasteiger partial charge in [-0.15, -0.1) is 0 Å². The van der Waals surface area contributed by atoms with E-state index >= 15 is 0 Å². The van der Waals surface area contributed by atoms with E-state index in [4.69, 9.17) is 4.74 Å². The Morgan fingerprint density at radius 3 is 2.53 bits per heavy atom. The summed E-state index contributed by atoms with van der Waals surface area (Å²) in [5.41, 5.74) is 2.11. The van der Waals surface area contributed by atoms with Crippen molar-refractivity contribution < 1.29 is 22.7 Å². The fraction of sp³-hybridized carbons (Fsp3) is 0.333. The molecule has 3 N–H and O–H groups in total. The molecule has 1 aliphatic rings. The minimum atomic E-state index is -3.41. The molecule has 3 rings (SSSR count). The third kappa shape index (κ3) is 5.80. The van der Waals surface area contributed by atoms with E-state index in [2.05, 4.69) is 15.4 Å². The summed E-state index contributed by atoms with van der Waals surface area (Å²) in [7, 11) is -3.41. The quantitative estimate of drug-likeness (QED) is 0.623. The minimum absolute atomic E-state index is 0.0257.